The molecular formula is C18H16Cl2F3N3O2. The Bertz CT molecular complexity index is 880. The zero-order valence-electron chi connectivity index (χ0n) is 14.7. The van der Waals surface area contributed by atoms with Crippen LogP contribution in [0, 0.1) is 0 Å². The minimum Gasteiger partial charge on any atom is -0.366 e. The Morgan fingerprint density at radius 1 is 1.39 bits per heavy atom. The fourth-order valence-electron chi connectivity index (χ4n) is 3.17. The van der Waals surface area contributed by atoms with Crippen molar-refractivity contribution in [2.45, 2.75) is 38.3 Å². The van der Waals surface area contributed by atoms with E-state index in [0.717, 1.165) is 17.4 Å². The molecule has 2 aromatic heterocycles. The third-order valence-corrected chi connectivity index (χ3v) is 5.26. The van der Waals surface area contributed by atoms with Crippen LogP contribution in [0.2, 0.25) is 10.2 Å². The minimum absolute atomic E-state index is 0.200. The van der Waals surface area contributed by atoms with Crippen molar-refractivity contribution in [3.8, 4) is 0 Å². The molecule has 0 spiro atoms. The quantitative estimate of drug-likeness (QED) is 0.488. The SMILES string of the molecule is CC(c1cnc(COCC(F)(F)F)c(Cl)c1)N1Cc2c(ccnc2Cl)C1C=O. The maximum Gasteiger partial charge on any atom is 0.411 e. The van der Waals surface area contributed by atoms with Crippen LogP contribution in [0.25, 0.3) is 0 Å². The highest BCUT2D eigenvalue weighted by Crippen LogP contribution is 2.40. The summed E-state index contributed by atoms with van der Waals surface area (Å²) in [6, 6.07) is 2.66. The highest BCUT2D eigenvalue weighted by molar-refractivity contribution is 6.31. The number of aldehydes is 1. The molecule has 0 aromatic carbocycles. The monoisotopic (exact) mass is 433 g/mol. The van der Waals surface area contributed by atoms with E-state index in [1.165, 1.54) is 6.20 Å². The van der Waals surface area contributed by atoms with Crippen molar-refractivity contribution in [1.29, 1.82) is 0 Å². The Hall–Kier alpha value is -1.74. The van der Waals surface area contributed by atoms with Crippen LogP contribution in [0.1, 0.15) is 41.4 Å². The molecule has 0 bridgehead atoms. The smallest absolute Gasteiger partial charge is 0.366 e. The molecule has 0 radical (unpaired) electrons. The Labute approximate surface area is 169 Å². The van der Waals surface area contributed by atoms with E-state index in [4.69, 9.17) is 23.2 Å². The average Bonchev–Trinajstić information content (AvgIpc) is 3.01. The summed E-state index contributed by atoms with van der Waals surface area (Å²) in [6.07, 6.45) is -0.494. The van der Waals surface area contributed by atoms with Gasteiger partial charge in [0.1, 0.15) is 18.0 Å². The molecule has 3 heterocycles. The van der Waals surface area contributed by atoms with Gasteiger partial charge in [0.2, 0.25) is 0 Å². The third-order valence-electron chi connectivity index (χ3n) is 4.61. The van der Waals surface area contributed by atoms with Gasteiger partial charge in [-0.1, -0.05) is 23.2 Å². The molecular weight excluding hydrogens is 418 g/mol. The van der Waals surface area contributed by atoms with Crippen LogP contribution in [0.3, 0.4) is 0 Å². The number of alkyl halides is 3. The van der Waals surface area contributed by atoms with Crippen molar-refractivity contribution >= 4 is 29.5 Å². The van der Waals surface area contributed by atoms with Gasteiger partial charge in [0.05, 0.1) is 23.4 Å². The Balaban J connectivity index is 1.76. The minimum atomic E-state index is -4.41. The van der Waals surface area contributed by atoms with Gasteiger partial charge in [-0.3, -0.25) is 9.88 Å². The van der Waals surface area contributed by atoms with E-state index in [0.29, 0.717) is 17.3 Å². The zero-order valence-corrected chi connectivity index (χ0v) is 16.2. The number of rotatable bonds is 6. The summed E-state index contributed by atoms with van der Waals surface area (Å²) in [5, 5.41) is 0.554. The van der Waals surface area contributed by atoms with Crippen LogP contribution in [0.4, 0.5) is 13.2 Å². The highest BCUT2D eigenvalue weighted by atomic mass is 35.5. The first-order chi connectivity index (χ1) is 13.2. The lowest BCUT2D eigenvalue weighted by atomic mass is 10.1. The lowest BCUT2D eigenvalue weighted by Crippen LogP contribution is -2.26. The molecule has 0 saturated heterocycles. The molecule has 3 rings (SSSR count). The first kappa shape index (κ1) is 21.0. The summed E-state index contributed by atoms with van der Waals surface area (Å²) in [7, 11) is 0. The van der Waals surface area contributed by atoms with Crippen LogP contribution >= 0.6 is 23.2 Å². The summed E-state index contributed by atoms with van der Waals surface area (Å²) < 4.78 is 41.2. The second-order valence-corrected chi connectivity index (χ2v) is 7.17. The number of aromatic nitrogens is 2. The number of halogens is 5. The van der Waals surface area contributed by atoms with Gasteiger partial charge < -0.3 is 9.53 Å². The van der Waals surface area contributed by atoms with Crippen molar-refractivity contribution in [2.75, 3.05) is 6.61 Å². The van der Waals surface area contributed by atoms with Crippen LogP contribution in [0.15, 0.2) is 24.5 Å². The van der Waals surface area contributed by atoms with Crippen LogP contribution < -0.4 is 0 Å². The molecule has 0 aliphatic carbocycles. The summed E-state index contributed by atoms with van der Waals surface area (Å²) in [4.78, 5) is 21.8. The number of pyridine rings is 2. The largest absolute Gasteiger partial charge is 0.411 e. The fraction of sp³-hybridized carbons (Fsp3) is 0.389. The second-order valence-electron chi connectivity index (χ2n) is 6.40. The molecule has 0 amide bonds. The van der Waals surface area contributed by atoms with Crippen molar-refractivity contribution in [3.05, 3.63) is 57.1 Å². The van der Waals surface area contributed by atoms with Gasteiger partial charge in [-0.05, 0) is 30.2 Å². The van der Waals surface area contributed by atoms with E-state index < -0.39 is 18.8 Å². The first-order valence-electron chi connectivity index (χ1n) is 8.34. The molecule has 0 fully saturated rings. The molecule has 2 aromatic rings. The van der Waals surface area contributed by atoms with E-state index in [1.807, 2.05) is 11.8 Å². The molecule has 5 nitrogen and oxygen atoms in total. The zero-order chi connectivity index (χ0) is 20.5. The normalized spacial score (nSPS) is 18.1. The third kappa shape index (κ3) is 4.46. The van der Waals surface area contributed by atoms with Crippen LogP contribution in [0.5, 0.6) is 0 Å². The lowest BCUT2D eigenvalue weighted by Gasteiger charge is -2.28. The standard InChI is InChI=1S/C18H16Cl2F3N3O2/c1-10(26-6-13-12(16(26)7-27)2-3-24-17(13)20)11-4-14(19)15(25-5-11)8-28-9-18(21,22)23/h2-5,7,10,16H,6,8-9H2,1H3. The molecule has 150 valence electrons. The van der Waals surface area contributed by atoms with Gasteiger partial charge in [-0.15, -0.1) is 0 Å². The van der Waals surface area contributed by atoms with Crippen LogP contribution in [-0.4, -0.2) is 33.9 Å². The number of carbonyl (C=O) groups is 1. The van der Waals surface area contributed by atoms with E-state index >= 15 is 0 Å². The van der Waals surface area contributed by atoms with Crippen molar-refractivity contribution in [1.82, 2.24) is 14.9 Å². The predicted molar refractivity (Wildman–Crippen MR) is 97.0 cm³/mol. The summed E-state index contributed by atoms with van der Waals surface area (Å²) >= 11 is 12.3. The van der Waals surface area contributed by atoms with E-state index in [2.05, 4.69) is 14.7 Å². The first-order valence-corrected chi connectivity index (χ1v) is 9.10. The molecule has 2 atom stereocenters. The van der Waals surface area contributed by atoms with E-state index in [9.17, 15) is 18.0 Å². The topological polar surface area (TPSA) is 55.3 Å². The predicted octanol–water partition coefficient (Wildman–Crippen LogP) is 4.68. The van der Waals surface area contributed by atoms with Gasteiger partial charge in [0.25, 0.3) is 0 Å². The number of nitrogens with zero attached hydrogens (tertiary/aromatic N) is 3. The Morgan fingerprint density at radius 3 is 2.79 bits per heavy atom. The van der Waals surface area contributed by atoms with E-state index in [-0.39, 0.29) is 23.4 Å². The van der Waals surface area contributed by atoms with Gasteiger partial charge >= 0.3 is 6.18 Å². The van der Waals surface area contributed by atoms with Crippen molar-refractivity contribution in [2.24, 2.45) is 0 Å². The van der Waals surface area contributed by atoms with Gasteiger partial charge in [0, 0.05) is 30.5 Å². The molecule has 2 unspecified atom stereocenters. The Kier molecular flexibility index (Phi) is 6.24. The van der Waals surface area contributed by atoms with E-state index in [1.54, 1.807) is 18.3 Å². The molecule has 28 heavy (non-hydrogen) atoms. The maximum atomic E-state index is 12.2. The average molecular weight is 434 g/mol. The summed E-state index contributed by atoms with van der Waals surface area (Å²) in [6.45, 7) is 0.600. The van der Waals surface area contributed by atoms with Gasteiger partial charge in [0.15, 0.2) is 0 Å². The molecule has 10 heteroatoms. The van der Waals surface area contributed by atoms with Gasteiger partial charge in [-0.2, -0.15) is 13.2 Å². The second kappa shape index (κ2) is 8.32. The number of hydrogen-bond donors (Lipinski definition) is 0. The summed E-state index contributed by atoms with van der Waals surface area (Å²) in [5.41, 5.74) is 2.53. The van der Waals surface area contributed by atoms with Gasteiger partial charge in [-0.25, -0.2) is 4.98 Å². The number of fused-ring (bicyclic) bond motifs is 1. The molecule has 0 N–H and O–H groups in total. The maximum absolute atomic E-state index is 12.2. The Morgan fingerprint density at radius 2 is 2.14 bits per heavy atom. The highest BCUT2D eigenvalue weighted by Gasteiger charge is 2.35. The molecule has 1 aliphatic rings. The summed E-state index contributed by atoms with van der Waals surface area (Å²) in [5.74, 6) is 0. The van der Waals surface area contributed by atoms with Crippen molar-refractivity contribution < 1.29 is 22.7 Å². The number of ether oxygens (including phenoxy) is 1. The number of hydrogen-bond acceptors (Lipinski definition) is 5. The van der Waals surface area contributed by atoms with Crippen molar-refractivity contribution in [3.63, 3.8) is 0 Å². The lowest BCUT2D eigenvalue weighted by molar-refractivity contribution is -0.176. The molecule has 0 saturated carbocycles. The van der Waals surface area contributed by atoms with Crippen LogP contribution in [-0.2, 0) is 22.7 Å². The molecule has 1 aliphatic heterocycles. The fourth-order valence-corrected chi connectivity index (χ4v) is 3.63. The number of carbonyl (C=O) groups excluding carboxylic acids is 1.